The van der Waals surface area contributed by atoms with Crippen molar-refractivity contribution >= 4 is 33.6 Å². The Morgan fingerprint density at radius 2 is 1.80 bits per heavy atom. The molecule has 0 aliphatic rings. The molecule has 1 atom stereocenters. The summed E-state index contributed by atoms with van der Waals surface area (Å²) >= 11 is 2.20. The lowest BCUT2D eigenvalue weighted by Crippen LogP contribution is -2.27. The molecule has 5 nitrogen and oxygen atoms in total. The average Bonchev–Trinajstić information content (AvgIpc) is 3.32. The van der Waals surface area contributed by atoms with E-state index in [-0.39, 0.29) is 5.56 Å². The number of aryl methyl sites for hydroxylation is 2. The van der Waals surface area contributed by atoms with E-state index in [2.05, 4.69) is 38.5 Å². The first-order valence-corrected chi connectivity index (χ1v) is 11.9. The Hall–Kier alpha value is -3.77. The zero-order chi connectivity index (χ0) is 24.7. The van der Waals surface area contributed by atoms with Gasteiger partial charge in [-0.2, -0.15) is 0 Å². The number of hydrogen-bond acceptors (Lipinski definition) is 3. The number of hydrogen-bond donors (Lipinski definition) is 0. The summed E-state index contributed by atoms with van der Waals surface area (Å²) in [5.41, 5.74) is 1.49. The number of fused-ring (bicyclic) bond motifs is 1. The Bertz CT molecular complexity index is 1680. The largest absolute Gasteiger partial charge is 0.334 e. The molecule has 3 heterocycles. The van der Waals surface area contributed by atoms with E-state index in [0.717, 1.165) is 9.13 Å². The molecule has 0 saturated carbocycles. The predicted molar refractivity (Wildman–Crippen MR) is 144 cm³/mol. The minimum Gasteiger partial charge on any atom is -0.334 e. The maximum atomic E-state index is 17.4. The standard InChI is InChI=1S/C28H20FIN4O/c1-4-18-6-5-7-19(12-18)23-14-26(35)34(3)27-24(23)13-21(15-32-27)28(29,25-16-31-17-33(25)2)20-8-10-22(30)11-9-20/h1,5-17H,2-3H3/t28-/m1/s1. The summed E-state index contributed by atoms with van der Waals surface area (Å²) in [7, 11) is 3.42. The topological polar surface area (TPSA) is 52.7 Å². The van der Waals surface area contributed by atoms with Crippen molar-refractivity contribution in [3.8, 4) is 23.5 Å². The molecule has 172 valence electrons. The van der Waals surface area contributed by atoms with E-state index >= 15 is 4.39 Å². The van der Waals surface area contributed by atoms with Gasteiger partial charge in [0.2, 0.25) is 5.67 Å². The van der Waals surface area contributed by atoms with Crippen LogP contribution in [0.5, 0.6) is 0 Å². The zero-order valence-electron chi connectivity index (χ0n) is 19.0. The number of halogens is 2. The molecule has 0 N–H and O–H groups in total. The summed E-state index contributed by atoms with van der Waals surface area (Å²) in [6.45, 7) is 0. The Balaban J connectivity index is 1.84. The average molecular weight is 574 g/mol. The number of nitrogens with zero attached hydrogens (tertiary/aromatic N) is 4. The van der Waals surface area contributed by atoms with E-state index in [1.54, 1.807) is 43.2 Å². The highest BCUT2D eigenvalue weighted by atomic mass is 127. The van der Waals surface area contributed by atoms with Gasteiger partial charge in [-0.25, -0.2) is 14.4 Å². The Morgan fingerprint density at radius 3 is 2.49 bits per heavy atom. The van der Waals surface area contributed by atoms with Gasteiger partial charge >= 0.3 is 0 Å². The minimum atomic E-state index is -2.02. The van der Waals surface area contributed by atoms with Gasteiger partial charge in [-0.15, -0.1) is 6.42 Å². The number of pyridine rings is 2. The minimum absolute atomic E-state index is 0.213. The molecule has 0 bridgehead atoms. The molecule has 3 aromatic heterocycles. The van der Waals surface area contributed by atoms with E-state index in [1.165, 1.54) is 23.0 Å². The number of rotatable bonds is 4. The smallest absolute Gasteiger partial charge is 0.252 e. The zero-order valence-corrected chi connectivity index (χ0v) is 21.2. The van der Waals surface area contributed by atoms with Crippen LogP contribution in [0.15, 0.2) is 84.2 Å². The molecule has 7 heteroatoms. The highest BCUT2D eigenvalue weighted by Gasteiger charge is 2.40. The second-order valence-electron chi connectivity index (χ2n) is 8.33. The van der Waals surface area contributed by atoms with Crippen LogP contribution in [0, 0.1) is 15.9 Å². The van der Waals surface area contributed by atoms with Crippen molar-refractivity contribution in [1.82, 2.24) is 19.1 Å². The Kier molecular flexibility index (Phi) is 5.77. The fourth-order valence-electron chi connectivity index (χ4n) is 4.36. The van der Waals surface area contributed by atoms with E-state index in [4.69, 9.17) is 6.42 Å². The van der Waals surface area contributed by atoms with Crippen molar-refractivity contribution < 1.29 is 4.39 Å². The van der Waals surface area contributed by atoms with Crippen LogP contribution >= 0.6 is 22.6 Å². The van der Waals surface area contributed by atoms with Gasteiger partial charge in [0.15, 0.2) is 0 Å². The van der Waals surface area contributed by atoms with Crippen molar-refractivity contribution in [2.45, 2.75) is 5.67 Å². The third-order valence-electron chi connectivity index (χ3n) is 6.22. The van der Waals surface area contributed by atoms with Crippen LogP contribution in [-0.2, 0) is 19.8 Å². The van der Waals surface area contributed by atoms with Gasteiger partial charge in [0.1, 0.15) is 5.65 Å². The van der Waals surface area contributed by atoms with Crippen molar-refractivity contribution in [3.05, 3.63) is 116 Å². The van der Waals surface area contributed by atoms with Crippen LogP contribution in [0.3, 0.4) is 0 Å². The third-order valence-corrected chi connectivity index (χ3v) is 6.94. The molecular formula is C28H20FIN4O. The molecule has 0 spiro atoms. The number of alkyl halides is 1. The first-order chi connectivity index (χ1) is 16.8. The van der Waals surface area contributed by atoms with Crippen LogP contribution < -0.4 is 5.56 Å². The summed E-state index contributed by atoms with van der Waals surface area (Å²) in [4.78, 5) is 21.5. The fourth-order valence-corrected chi connectivity index (χ4v) is 4.72. The van der Waals surface area contributed by atoms with Crippen LogP contribution in [0.4, 0.5) is 4.39 Å². The lowest BCUT2D eigenvalue weighted by molar-refractivity contribution is 0.266. The molecule has 5 rings (SSSR count). The lowest BCUT2D eigenvalue weighted by atomic mass is 9.85. The van der Waals surface area contributed by atoms with Crippen LogP contribution in [0.25, 0.3) is 22.2 Å². The highest BCUT2D eigenvalue weighted by molar-refractivity contribution is 14.1. The monoisotopic (exact) mass is 574 g/mol. The van der Waals surface area contributed by atoms with Gasteiger partial charge < -0.3 is 4.57 Å². The summed E-state index contributed by atoms with van der Waals surface area (Å²) in [6.07, 6.45) is 10.2. The summed E-state index contributed by atoms with van der Waals surface area (Å²) in [5, 5.41) is 0.647. The maximum absolute atomic E-state index is 17.4. The molecule has 0 aliphatic heterocycles. The van der Waals surface area contributed by atoms with Crippen molar-refractivity contribution in [3.63, 3.8) is 0 Å². The molecular weight excluding hydrogens is 554 g/mol. The normalized spacial score (nSPS) is 12.9. The van der Waals surface area contributed by atoms with Crippen LogP contribution in [-0.4, -0.2) is 19.1 Å². The van der Waals surface area contributed by atoms with Crippen LogP contribution in [0.2, 0.25) is 0 Å². The molecule has 0 radical (unpaired) electrons. The van der Waals surface area contributed by atoms with Gasteiger partial charge in [0.25, 0.3) is 5.56 Å². The first kappa shape index (κ1) is 23.0. The van der Waals surface area contributed by atoms with Crippen molar-refractivity contribution in [2.75, 3.05) is 0 Å². The molecule has 2 aromatic carbocycles. The molecule has 0 fully saturated rings. The maximum Gasteiger partial charge on any atom is 0.252 e. The molecule has 0 aliphatic carbocycles. The molecule has 35 heavy (non-hydrogen) atoms. The third kappa shape index (κ3) is 3.84. The van der Waals surface area contributed by atoms with Crippen molar-refractivity contribution in [2.24, 2.45) is 14.1 Å². The second-order valence-corrected chi connectivity index (χ2v) is 9.58. The molecule has 0 saturated heterocycles. The number of terminal acetylenes is 1. The van der Waals surface area contributed by atoms with E-state index in [1.807, 2.05) is 36.4 Å². The molecule has 0 amide bonds. The van der Waals surface area contributed by atoms with Gasteiger partial charge in [-0.05, 0) is 69.6 Å². The molecule has 0 unspecified atom stereocenters. The van der Waals surface area contributed by atoms with Gasteiger partial charge in [0, 0.05) is 46.4 Å². The lowest BCUT2D eigenvalue weighted by Gasteiger charge is -2.27. The predicted octanol–water partition coefficient (Wildman–Crippen LogP) is 5.18. The number of benzene rings is 2. The van der Waals surface area contributed by atoms with Crippen molar-refractivity contribution in [1.29, 1.82) is 0 Å². The van der Waals surface area contributed by atoms with Crippen LogP contribution in [0.1, 0.15) is 22.4 Å². The SMILES string of the molecule is C#Cc1cccc(-c2cc(=O)n(C)c3ncc([C@](F)(c4ccc(I)cc4)c4cncn4C)cc23)c1. The van der Waals surface area contributed by atoms with Gasteiger partial charge in [-0.1, -0.05) is 30.2 Å². The summed E-state index contributed by atoms with van der Waals surface area (Å²) in [6, 6.07) is 18.0. The number of imidazole rings is 1. The quantitative estimate of drug-likeness (QED) is 0.220. The second kappa shape index (κ2) is 8.78. The Morgan fingerprint density at radius 1 is 1.03 bits per heavy atom. The summed E-state index contributed by atoms with van der Waals surface area (Å²) in [5.74, 6) is 2.63. The fraction of sp³-hybridized carbons (Fsp3) is 0.107. The highest BCUT2D eigenvalue weighted by Crippen LogP contribution is 2.42. The molecule has 5 aromatic rings. The van der Waals surface area contributed by atoms with E-state index < -0.39 is 5.67 Å². The van der Waals surface area contributed by atoms with E-state index in [0.29, 0.717) is 39.0 Å². The first-order valence-electron chi connectivity index (χ1n) is 10.8. The van der Waals surface area contributed by atoms with E-state index in [9.17, 15) is 4.79 Å². The van der Waals surface area contributed by atoms with Gasteiger partial charge in [0.05, 0.1) is 18.2 Å². The van der Waals surface area contributed by atoms with Gasteiger partial charge in [-0.3, -0.25) is 9.36 Å². The number of aromatic nitrogens is 4. The summed E-state index contributed by atoms with van der Waals surface area (Å²) < 4.78 is 21.5. The Labute approximate surface area is 215 Å².